The van der Waals surface area contributed by atoms with Gasteiger partial charge >= 0.3 is 0 Å². The van der Waals surface area contributed by atoms with Gasteiger partial charge in [0.15, 0.2) is 5.65 Å². The number of halogens is 2. The van der Waals surface area contributed by atoms with Gasteiger partial charge in [0, 0.05) is 21.1 Å². The molecule has 2 aromatic heterocycles. The minimum atomic E-state index is 0.379. The van der Waals surface area contributed by atoms with E-state index in [1.807, 2.05) is 24.3 Å². The molecule has 5 heteroatoms. The largest absolute Gasteiger partial charge is 0.242 e. The van der Waals surface area contributed by atoms with Crippen LogP contribution in [0.25, 0.3) is 28.0 Å². The van der Waals surface area contributed by atoms with Crippen molar-refractivity contribution in [2.24, 2.45) is 0 Å². The lowest BCUT2D eigenvalue weighted by Crippen LogP contribution is -2.02. The number of benzene rings is 1. The average molecular weight is 443 g/mol. The van der Waals surface area contributed by atoms with Gasteiger partial charge in [0.2, 0.25) is 0 Å². The molecule has 4 rings (SSSR count). The van der Waals surface area contributed by atoms with Crippen LogP contribution in [0.5, 0.6) is 0 Å². The summed E-state index contributed by atoms with van der Waals surface area (Å²) in [4.78, 5) is 14.4. The molecule has 0 amide bonds. The second-order valence-electron chi connectivity index (χ2n) is 5.54. The van der Waals surface area contributed by atoms with Crippen LogP contribution < -0.4 is 0 Å². The molecule has 1 unspecified atom stereocenters. The molecule has 0 saturated carbocycles. The maximum atomic E-state index is 4.84. The Morgan fingerprint density at radius 2 is 1.83 bits per heavy atom. The third-order valence-corrected chi connectivity index (χ3v) is 5.09. The van der Waals surface area contributed by atoms with E-state index >= 15 is 0 Å². The quantitative estimate of drug-likeness (QED) is 0.487. The molecule has 1 aliphatic rings. The summed E-state index contributed by atoms with van der Waals surface area (Å²) in [5, 5.41) is 0. The van der Waals surface area contributed by atoms with Crippen molar-refractivity contribution in [3.05, 3.63) is 71.0 Å². The lowest BCUT2D eigenvalue weighted by Gasteiger charge is -2.14. The lowest BCUT2D eigenvalue weighted by atomic mass is 9.99. The van der Waals surface area contributed by atoms with Crippen molar-refractivity contribution >= 4 is 48.6 Å². The molecular formula is C19H13Br2N3. The molecule has 0 aliphatic heterocycles. The summed E-state index contributed by atoms with van der Waals surface area (Å²) < 4.78 is 1.04. The van der Waals surface area contributed by atoms with E-state index < -0.39 is 0 Å². The van der Waals surface area contributed by atoms with Crippen molar-refractivity contribution in [2.45, 2.75) is 11.2 Å². The van der Waals surface area contributed by atoms with Gasteiger partial charge in [-0.05, 0) is 36.3 Å². The van der Waals surface area contributed by atoms with Crippen LogP contribution in [0.1, 0.15) is 12.1 Å². The minimum absolute atomic E-state index is 0.379. The van der Waals surface area contributed by atoms with Crippen LogP contribution in [0.3, 0.4) is 0 Å². The zero-order valence-corrected chi connectivity index (χ0v) is 15.8. The van der Waals surface area contributed by atoms with E-state index in [0.29, 0.717) is 10.5 Å². The third-order valence-electron chi connectivity index (χ3n) is 3.88. The SMILES string of the molecule is Brc1ccc(-c2nc3cccnc3nc2C2=CCC(Br)C=C2)cc1. The van der Waals surface area contributed by atoms with E-state index in [4.69, 9.17) is 9.97 Å². The highest BCUT2D eigenvalue weighted by atomic mass is 79.9. The second kappa shape index (κ2) is 6.57. The van der Waals surface area contributed by atoms with Crippen LogP contribution in [0, 0.1) is 0 Å². The van der Waals surface area contributed by atoms with Gasteiger partial charge in [0.1, 0.15) is 5.52 Å². The highest BCUT2D eigenvalue weighted by Crippen LogP contribution is 2.31. The van der Waals surface area contributed by atoms with E-state index in [1.54, 1.807) is 6.20 Å². The molecule has 0 radical (unpaired) electrons. The Morgan fingerprint density at radius 1 is 1.00 bits per heavy atom. The van der Waals surface area contributed by atoms with Crippen molar-refractivity contribution in [3.8, 4) is 11.3 Å². The zero-order valence-electron chi connectivity index (χ0n) is 12.7. The fraction of sp³-hybridized carbons (Fsp3) is 0.105. The van der Waals surface area contributed by atoms with Gasteiger partial charge in [-0.25, -0.2) is 15.0 Å². The zero-order chi connectivity index (χ0) is 16.5. The smallest absolute Gasteiger partial charge is 0.178 e. The minimum Gasteiger partial charge on any atom is -0.242 e. The molecule has 1 atom stereocenters. The summed E-state index contributed by atoms with van der Waals surface area (Å²) >= 11 is 7.10. The van der Waals surface area contributed by atoms with Crippen LogP contribution in [-0.2, 0) is 0 Å². The predicted molar refractivity (Wildman–Crippen MR) is 105 cm³/mol. The van der Waals surface area contributed by atoms with Crippen LogP contribution in [-0.4, -0.2) is 19.8 Å². The Morgan fingerprint density at radius 3 is 2.58 bits per heavy atom. The maximum Gasteiger partial charge on any atom is 0.178 e. The van der Waals surface area contributed by atoms with Crippen LogP contribution in [0.4, 0.5) is 0 Å². The summed E-state index contributed by atoms with van der Waals surface area (Å²) in [6, 6.07) is 12.0. The number of allylic oxidation sites excluding steroid dienone is 4. The molecule has 2 heterocycles. The number of nitrogens with zero attached hydrogens (tertiary/aromatic N) is 3. The van der Waals surface area contributed by atoms with Gasteiger partial charge in [0.05, 0.1) is 11.4 Å². The van der Waals surface area contributed by atoms with E-state index in [2.05, 4.69) is 67.2 Å². The highest BCUT2D eigenvalue weighted by molar-refractivity contribution is 9.10. The highest BCUT2D eigenvalue weighted by Gasteiger charge is 2.16. The topological polar surface area (TPSA) is 38.7 Å². The molecular weight excluding hydrogens is 430 g/mol. The number of alkyl halides is 1. The van der Waals surface area contributed by atoms with E-state index in [-0.39, 0.29) is 0 Å². The maximum absolute atomic E-state index is 4.84. The molecule has 3 nitrogen and oxygen atoms in total. The van der Waals surface area contributed by atoms with Gasteiger partial charge in [-0.15, -0.1) is 0 Å². The Bertz CT molecular complexity index is 962. The van der Waals surface area contributed by atoms with E-state index in [1.165, 1.54) is 0 Å². The van der Waals surface area contributed by atoms with Crippen LogP contribution in [0.15, 0.2) is 65.3 Å². The summed E-state index contributed by atoms with van der Waals surface area (Å²) in [6.07, 6.45) is 9.13. The first kappa shape index (κ1) is 15.7. The Balaban J connectivity index is 1.94. The molecule has 0 N–H and O–H groups in total. The monoisotopic (exact) mass is 441 g/mol. The normalized spacial score (nSPS) is 17.1. The predicted octanol–water partition coefficient (Wildman–Crippen LogP) is 5.56. The number of fused-ring (bicyclic) bond motifs is 1. The van der Waals surface area contributed by atoms with Gasteiger partial charge in [-0.2, -0.15) is 0 Å². The summed E-state index contributed by atoms with van der Waals surface area (Å²) in [7, 11) is 0. The Hall–Kier alpha value is -1.85. The van der Waals surface area contributed by atoms with E-state index in [0.717, 1.165) is 38.9 Å². The first-order valence-electron chi connectivity index (χ1n) is 7.62. The molecule has 3 aromatic rings. The van der Waals surface area contributed by atoms with Crippen molar-refractivity contribution in [1.82, 2.24) is 15.0 Å². The number of rotatable bonds is 2. The van der Waals surface area contributed by atoms with Crippen molar-refractivity contribution in [2.75, 3.05) is 0 Å². The number of hydrogen-bond acceptors (Lipinski definition) is 3. The summed E-state index contributed by atoms with van der Waals surface area (Å²) in [5.41, 5.74) is 5.36. The summed E-state index contributed by atoms with van der Waals surface area (Å²) in [6.45, 7) is 0. The average Bonchev–Trinajstić information content (AvgIpc) is 2.62. The van der Waals surface area contributed by atoms with Crippen molar-refractivity contribution < 1.29 is 0 Å². The Labute approximate surface area is 156 Å². The molecule has 0 saturated heterocycles. The lowest BCUT2D eigenvalue weighted by molar-refractivity contribution is 1.07. The first-order valence-corrected chi connectivity index (χ1v) is 9.33. The Kier molecular flexibility index (Phi) is 4.29. The number of hydrogen-bond donors (Lipinski definition) is 0. The fourth-order valence-electron chi connectivity index (χ4n) is 2.67. The van der Waals surface area contributed by atoms with Gasteiger partial charge in [0.25, 0.3) is 0 Å². The van der Waals surface area contributed by atoms with Crippen molar-refractivity contribution in [3.63, 3.8) is 0 Å². The van der Waals surface area contributed by atoms with Crippen molar-refractivity contribution in [1.29, 1.82) is 0 Å². The summed E-state index contributed by atoms with van der Waals surface area (Å²) in [5.74, 6) is 0. The fourth-order valence-corrected chi connectivity index (χ4v) is 3.28. The molecule has 1 aromatic carbocycles. The standard InChI is InChI=1S/C19H13Br2N3/c20-14-7-3-12(4-8-14)17-18(13-5-9-15(21)10-6-13)24-19-16(23-17)2-1-11-22-19/h1-9,11,15H,10H2. The molecule has 118 valence electrons. The molecule has 0 spiro atoms. The van der Waals surface area contributed by atoms with Crippen LogP contribution in [0.2, 0.25) is 0 Å². The van der Waals surface area contributed by atoms with Crippen LogP contribution >= 0.6 is 31.9 Å². The first-order chi connectivity index (χ1) is 11.7. The van der Waals surface area contributed by atoms with Gasteiger partial charge in [-0.1, -0.05) is 62.2 Å². The molecule has 24 heavy (non-hydrogen) atoms. The third kappa shape index (κ3) is 3.06. The van der Waals surface area contributed by atoms with E-state index in [9.17, 15) is 0 Å². The second-order valence-corrected chi connectivity index (χ2v) is 7.64. The van der Waals surface area contributed by atoms with Gasteiger partial charge in [-0.3, -0.25) is 0 Å². The number of aromatic nitrogens is 3. The molecule has 0 fully saturated rings. The molecule has 1 aliphatic carbocycles. The number of pyridine rings is 1. The molecule has 0 bridgehead atoms. The van der Waals surface area contributed by atoms with Gasteiger partial charge < -0.3 is 0 Å².